The Kier molecular flexibility index (Phi) is 4.99. The Morgan fingerprint density at radius 2 is 2.06 bits per heavy atom. The van der Waals surface area contributed by atoms with Crippen LogP contribution in [-0.2, 0) is 4.79 Å². The van der Waals surface area contributed by atoms with Crippen molar-refractivity contribution in [3.8, 4) is 0 Å². The number of carbonyl (C=O) groups is 2. The van der Waals surface area contributed by atoms with Gasteiger partial charge in [0, 0.05) is 20.1 Å². The van der Waals surface area contributed by atoms with Gasteiger partial charge in [0.15, 0.2) is 0 Å². The molecule has 5 heteroatoms. The number of likely N-dealkylation sites (tertiary alicyclic amines) is 1. The molecule has 0 aromatic rings. The molecule has 0 bridgehead atoms. The van der Waals surface area contributed by atoms with Crippen LogP contribution < -0.4 is 0 Å². The van der Waals surface area contributed by atoms with Gasteiger partial charge in [-0.3, -0.25) is 0 Å². The molecule has 1 fully saturated rings. The van der Waals surface area contributed by atoms with Crippen molar-refractivity contribution < 1.29 is 14.7 Å². The van der Waals surface area contributed by atoms with Crippen LogP contribution in [0.3, 0.4) is 0 Å². The van der Waals surface area contributed by atoms with Crippen LogP contribution in [-0.4, -0.2) is 53.1 Å². The zero-order valence-corrected chi connectivity index (χ0v) is 11.7. The Labute approximate surface area is 109 Å². The fourth-order valence-corrected chi connectivity index (χ4v) is 2.30. The highest BCUT2D eigenvalue weighted by Crippen LogP contribution is 2.25. The molecule has 0 aliphatic carbocycles. The lowest BCUT2D eigenvalue weighted by Gasteiger charge is -2.29. The van der Waals surface area contributed by atoms with Gasteiger partial charge >= 0.3 is 12.0 Å². The van der Waals surface area contributed by atoms with Crippen molar-refractivity contribution in [3.05, 3.63) is 0 Å². The summed E-state index contributed by atoms with van der Waals surface area (Å²) in [5.74, 6) is -0.330. The topological polar surface area (TPSA) is 60.9 Å². The Bertz CT molecular complexity index is 317. The predicted octanol–water partition coefficient (Wildman–Crippen LogP) is 1.88. The van der Waals surface area contributed by atoms with E-state index in [0.29, 0.717) is 19.0 Å². The third-order valence-electron chi connectivity index (χ3n) is 3.57. The smallest absolute Gasteiger partial charge is 0.326 e. The first kappa shape index (κ1) is 14.8. The maximum absolute atomic E-state index is 12.2. The summed E-state index contributed by atoms with van der Waals surface area (Å²) >= 11 is 0. The Hall–Kier alpha value is -1.26. The fourth-order valence-electron chi connectivity index (χ4n) is 2.30. The van der Waals surface area contributed by atoms with E-state index in [1.165, 1.54) is 4.90 Å². The number of urea groups is 1. The minimum Gasteiger partial charge on any atom is -0.480 e. The summed E-state index contributed by atoms with van der Waals surface area (Å²) in [5.41, 5.74) is 0. The van der Waals surface area contributed by atoms with E-state index in [-0.39, 0.29) is 11.9 Å². The van der Waals surface area contributed by atoms with Gasteiger partial charge in [0.1, 0.15) is 6.04 Å². The van der Waals surface area contributed by atoms with Crippen LogP contribution in [0, 0.1) is 11.8 Å². The lowest BCUT2D eigenvalue weighted by atomic mass is 10.0. The second-order valence-corrected chi connectivity index (χ2v) is 5.63. The van der Waals surface area contributed by atoms with Gasteiger partial charge in [-0.1, -0.05) is 20.8 Å². The lowest BCUT2D eigenvalue weighted by molar-refractivity contribution is -0.142. The van der Waals surface area contributed by atoms with Crippen LogP contribution >= 0.6 is 0 Å². The molecule has 2 atom stereocenters. The molecule has 0 aromatic heterocycles. The van der Waals surface area contributed by atoms with Gasteiger partial charge in [0.05, 0.1) is 0 Å². The molecule has 2 amide bonds. The molecule has 1 N–H and O–H groups in total. The Morgan fingerprint density at radius 1 is 1.44 bits per heavy atom. The highest BCUT2D eigenvalue weighted by atomic mass is 16.4. The van der Waals surface area contributed by atoms with Crippen molar-refractivity contribution in [2.75, 3.05) is 20.1 Å². The van der Waals surface area contributed by atoms with E-state index in [1.807, 2.05) is 6.92 Å². The van der Waals surface area contributed by atoms with Gasteiger partial charge in [-0.2, -0.15) is 0 Å². The van der Waals surface area contributed by atoms with E-state index in [2.05, 4.69) is 13.8 Å². The minimum absolute atomic E-state index is 0.0324. The van der Waals surface area contributed by atoms with Crippen molar-refractivity contribution in [1.82, 2.24) is 9.80 Å². The van der Waals surface area contributed by atoms with Gasteiger partial charge in [-0.05, 0) is 24.7 Å². The quantitative estimate of drug-likeness (QED) is 0.835. The predicted molar refractivity (Wildman–Crippen MR) is 69.4 cm³/mol. The number of rotatable bonds is 4. The summed E-state index contributed by atoms with van der Waals surface area (Å²) in [7, 11) is 1.74. The molecule has 18 heavy (non-hydrogen) atoms. The number of amides is 2. The number of hydrogen-bond donors (Lipinski definition) is 1. The highest BCUT2D eigenvalue weighted by molar-refractivity contribution is 5.83. The average molecular weight is 256 g/mol. The van der Waals surface area contributed by atoms with E-state index >= 15 is 0 Å². The molecule has 0 radical (unpaired) electrons. The minimum atomic E-state index is -0.898. The van der Waals surface area contributed by atoms with E-state index < -0.39 is 12.0 Å². The molecule has 1 saturated heterocycles. The van der Waals surface area contributed by atoms with Crippen LogP contribution in [0.5, 0.6) is 0 Å². The largest absolute Gasteiger partial charge is 0.480 e. The fraction of sp³-hybridized carbons (Fsp3) is 0.846. The molecule has 0 aromatic carbocycles. The van der Waals surface area contributed by atoms with Crippen LogP contribution in [0.15, 0.2) is 0 Å². The third kappa shape index (κ3) is 3.37. The van der Waals surface area contributed by atoms with Crippen molar-refractivity contribution in [3.63, 3.8) is 0 Å². The summed E-state index contributed by atoms with van der Waals surface area (Å²) < 4.78 is 0. The van der Waals surface area contributed by atoms with Crippen molar-refractivity contribution >= 4 is 12.0 Å². The van der Waals surface area contributed by atoms with Gasteiger partial charge in [-0.25, -0.2) is 9.59 Å². The van der Waals surface area contributed by atoms with E-state index in [9.17, 15) is 14.7 Å². The first-order chi connectivity index (χ1) is 8.34. The standard InChI is InChI=1S/C13H24N2O3/c1-9(2)5-7-14(4)13(18)15-8-6-10(3)11(15)12(16)17/h9-11H,5-8H2,1-4H3,(H,16,17). The number of nitrogens with zero attached hydrogens (tertiary/aromatic N) is 2. The van der Waals surface area contributed by atoms with Crippen molar-refractivity contribution in [1.29, 1.82) is 0 Å². The van der Waals surface area contributed by atoms with Crippen molar-refractivity contribution in [2.24, 2.45) is 11.8 Å². The molecule has 2 unspecified atom stereocenters. The zero-order valence-electron chi connectivity index (χ0n) is 11.7. The van der Waals surface area contributed by atoms with E-state index in [1.54, 1.807) is 11.9 Å². The lowest BCUT2D eigenvalue weighted by Crippen LogP contribution is -2.48. The molecule has 0 spiro atoms. The van der Waals surface area contributed by atoms with E-state index in [0.717, 1.165) is 12.8 Å². The number of aliphatic carboxylic acids is 1. The normalized spacial score (nSPS) is 23.5. The van der Waals surface area contributed by atoms with Crippen LogP contribution in [0.2, 0.25) is 0 Å². The second-order valence-electron chi connectivity index (χ2n) is 5.63. The van der Waals surface area contributed by atoms with Crippen LogP contribution in [0.4, 0.5) is 4.79 Å². The summed E-state index contributed by atoms with van der Waals surface area (Å²) in [6, 6.07) is -0.827. The molecule has 0 saturated carbocycles. The summed E-state index contributed by atoms with van der Waals surface area (Å²) in [4.78, 5) is 26.5. The van der Waals surface area contributed by atoms with Gasteiger partial charge in [0.2, 0.25) is 0 Å². The number of carbonyl (C=O) groups excluding carboxylic acids is 1. The third-order valence-corrected chi connectivity index (χ3v) is 3.57. The van der Waals surface area contributed by atoms with Crippen molar-refractivity contribution in [2.45, 2.75) is 39.7 Å². The number of carboxylic acids is 1. The highest BCUT2D eigenvalue weighted by Gasteiger charge is 2.40. The zero-order chi connectivity index (χ0) is 13.9. The first-order valence-electron chi connectivity index (χ1n) is 6.59. The monoisotopic (exact) mass is 256 g/mol. The maximum Gasteiger partial charge on any atom is 0.326 e. The summed E-state index contributed by atoms with van der Waals surface area (Å²) in [6.45, 7) is 7.32. The average Bonchev–Trinajstić information content (AvgIpc) is 2.66. The van der Waals surface area contributed by atoms with Gasteiger partial charge in [-0.15, -0.1) is 0 Å². The molecular formula is C13H24N2O3. The number of hydrogen-bond acceptors (Lipinski definition) is 2. The molecule has 1 heterocycles. The van der Waals surface area contributed by atoms with Crippen LogP contribution in [0.1, 0.15) is 33.6 Å². The molecule has 5 nitrogen and oxygen atoms in total. The summed E-state index contributed by atoms with van der Waals surface area (Å²) in [6.07, 6.45) is 1.70. The molecule has 1 rings (SSSR count). The molecular weight excluding hydrogens is 232 g/mol. The molecule has 104 valence electrons. The summed E-state index contributed by atoms with van der Waals surface area (Å²) in [5, 5.41) is 9.19. The second kappa shape index (κ2) is 6.07. The van der Waals surface area contributed by atoms with Gasteiger partial charge < -0.3 is 14.9 Å². The molecule has 1 aliphatic rings. The Morgan fingerprint density at radius 3 is 2.56 bits per heavy atom. The first-order valence-corrected chi connectivity index (χ1v) is 6.59. The Balaban J connectivity index is 2.62. The van der Waals surface area contributed by atoms with Crippen LogP contribution in [0.25, 0.3) is 0 Å². The maximum atomic E-state index is 12.2. The molecule has 1 aliphatic heterocycles. The SMILES string of the molecule is CC(C)CCN(C)C(=O)N1CCC(C)C1C(=O)O. The van der Waals surface area contributed by atoms with E-state index in [4.69, 9.17) is 0 Å². The van der Waals surface area contributed by atoms with Gasteiger partial charge in [0.25, 0.3) is 0 Å². The number of carboxylic acid groups (broad SMARTS) is 1.